The van der Waals surface area contributed by atoms with Gasteiger partial charge < -0.3 is 11.1 Å². The Labute approximate surface area is 163 Å². The van der Waals surface area contributed by atoms with Crippen molar-refractivity contribution in [2.24, 2.45) is 5.73 Å². The maximum atomic E-state index is 13.0. The zero-order valence-corrected chi connectivity index (χ0v) is 15.3. The number of aromatic nitrogens is 2. The van der Waals surface area contributed by atoms with E-state index in [0.717, 1.165) is 27.7 Å². The van der Waals surface area contributed by atoms with E-state index in [1.54, 1.807) is 12.3 Å². The first-order chi connectivity index (χ1) is 13.7. The van der Waals surface area contributed by atoms with Gasteiger partial charge in [0.05, 0.1) is 22.5 Å². The number of hydrogen-bond donors (Lipinski definition) is 2. The molecule has 5 heteroatoms. The second-order valence-corrected chi connectivity index (χ2v) is 6.49. The van der Waals surface area contributed by atoms with Crippen LogP contribution in [0.25, 0.3) is 22.3 Å². The molecule has 2 aromatic carbocycles. The van der Waals surface area contributed by atoms with Crippen LogP contribution in [0.5, 0.6) is 0 Å². The molecule has 2 heterocycles. The van der Waals surface area contributed by atoms with Gasteiger partial charge in [-0.25, -0.2) is 4.98 Å². The fourth-order valence-electron chi connectivity index (χ4n) is 3.08. The van der Waals surface area contributed by atoms with Crippen LogP contribution in [-0.4, -0.2) is 15.9 Å². The lowest BCUT2D eigenvalue weighted by molar-refractivity contribution is 0.0952. The van der Waals surface area contributed by atoms with Gasteiger partial charge in [-0.15, -0.1) is 0 Å². The second kappa shape index (κ2) is 7.98. The van der Waals surface area contributed by atoms with Crippen molar-refractivity contribution in [3.8, 4) is 11.4 Å². The van der Waals surface area contributed by atoms with Crippen LogP contribution in [0.3, 0.4) is 0 Å². The van der Waals surface area contributed by atoms with Crippen LogP contribution in [0.2, 0.25) is 0 Å². The maximum absolute atomic E-state index is 13.0. The number of carbonyl (C=O) groups excluding carboxylic acids is 1. The highest BCUT2D eigenvalue weighted by molar-refractivity contribution is 6.07. The van der Waals surface area contributed by atoms with E-state index in [-0.39, 0.29) is 5.91 Å². The zero-order chi connectivity index (χ0) is 19.3. The molecule has 28 heavy (non-hydrogen) atoms. The van der Waals surface area contributed by atoms with E-state index < -0.39 is 0 Å². The Morgan fingerprint density at radius 2 is 1.64 bits per heavy atom. The second-order valence-electron chi connectivity index (χ2n) is 6.49. The number of nitrogens with two attached hydrogens (primary N) is 1. The van der Waals surface area contributed by atoms with Crippen molar-refractivity contribution in [1.82, 2.24) is 15.3 Å². The Morgan fingerprint density at radius 1 is 0.893 bits per heavy atom. The molecular weight excluding hydrogens is 348 g/mol. The van der Waals surface area contributed by atoms with Crippen molar-refractivity contribution in [3.63, 3.8) is 0 Å². The van der Waals surface area contributed by atoms with Crippen LogP contribution in [0.1, 0.15) is 21.5 Å². The molecule has 1 amide bonds. The van der Waals surface area contributed by atoms with Crippen molar-refractivity contribution in [1.29, 1.82) is 0 Å². The Bertz CT molecular complexity index is 1110. The van der Waals surface area contributed by atoms with Gasteiger partial charge in [-0.05, 0) is 35.4 Å². The highest BCUT2D eigenvalue weighted by Gasteiger charge is 2.14. The highest BCUT2D eigenvalue weighted by Crippen LogP contribution is 2.23. The molecule has 4 aromatic rings. The Hall–Kier alpha value is -3.57. The first kappa shape index (κ1) is 17.8. The molecule has 4 rings (SSSR count). The molecule has 0 saturated carbocycles. The molecule has 0 spiro atoms. The van der Waals surface area contributed by atoms with Crippen molar-refractivity contribution in [2.75, 3.05) is 0 Å². The Morgan fingerprint density at radius 3 is 2.39 bits per heavy atom. The fraction of sp³-hybridized carbons (Fsp3) is 0.0870. The van der Waals surface area contributed by atoms with Gasteiger partial charge in [0.2, 0.25) is 0 Å². The molecule has 0 bridgehead atoms. The normalized spacial score (nSPS) is 10.8. The van der Waals surface area contributed by atoms with Crippen LogP contribution in [0.4, 0.5) is 0 Å². The van der Waals surface area contributed by atoms with Gasteiger partial charge in [0.1, 0.15) is 0 Å². The van der Waals surface area contributed by atoms with Crippen LogP contribution >= 0.6 is 0 Å². The van der Waals surface area contributed by atoms with Crippen LogP contribution in [0, 0.1) is 0 Å². The molecule has 0 aliphatic rings. The minimum absolute atomic E-state index is 0.140. The molecule has 0 aliphatic carbocycles. The molecule has 138 valence electrons. The summed E-state index contributed by atoms with van der Waals surface area (Å²) in [6.45, 7) is 0.950. The standard InChI is InChI=1S/C23H20N4O/c24-14-16-8-10-17(11-9-16)15-26-23(28)19-13-22(21-7-3-4-12-25-21)27-20-6-2-1-5-18(19)20/h1-13H,14-15,24H2,(H,26,28). The number of benzene rings is 2. The summed E-state index contributed by atoms with van der Waals surface area (Å²) in [4.78, 5) is 22.0. The number of nitrogens with one attached hydrogen (secondary N) is 1. The van der Waals surface area contributed by atoms with Gasteiger partial charge in [-0.1, -0.05) is 48.5 Å². The molecule has 0 aliphatic heterocycles. The number of nitrogens with zero attached hydrogens (tertiary/aromatic N) is 2. The van der Waals surface area contributed by atoms with Gasteiger partial charge in [0, 0.05) is 24.7 Å². The average molecular weight is 368 g/mol. The molecule has 0 fully saturated rings. The molecule has 0 radical (unpaired) electrons. The lowest BCUT2D eigenvalue weighted by Gasteiger charge is -2.11. The van der Waals surface area contributed by atoms with Gasteiger partial charge in [-0.3, -0.25) is 9.78 Å². The minimum atomic E-state index is -0.140. The van der Waals surface area contributed by atoms with E-state index in [1.165, 1.54) is 0 Å². The number of carbonyl (C=O) groups is 1. The zero-order valence-electron chi connectivity index (χ0n) is 15.3. The molecular formula is C23H20N4O. The van der Waals surface area contributed by atoms with Crippen molar-refractivity contribution in [2.45, 2.75) is 13.1 Å². The third-order valence-corrected chi connectivity index (χ3v) is 4.60. The topological polar surface area (TPSA) is 80.9 Å². The minimum Gasteiger partial charge on any atom is -0.348 e. The largest absolute Gasteiger partial charge is 0.348 e. The van der Waals surface area contributed by atoms with Gasteiger partial charge in [0.25, 0.3) is 5.91 Å². The summed E-state index contributed by atoms with van der Waals surface area (Å²) in [7, 11) is 0. The number of amides is 1. The quantitative estimate of drug-likeness (QED) is 0.563. The highest BCUT2D eigenvalue weighted by atomic mass is 16.1. The number of para-hydroxylation sites is 1. The first-order valence-corrected chi connectivity index (χ1v) is 9.12. The number of hydrogen-bond acceptors (Lipinski definition) is 4. The van der Waals surface area contributed by atoms with E-state index in [4.69, 9.17) is 5.73 Å². The summed E-state index contributed by atoms with van der Waals surface area (Å²) in [6.07, 6.45) is 1.72. The van der Waals surface area contributed by atoms with Crippen molar-refractivity contribution >= 4 is 16.8 Å². The smallest absolute Gasteiger partial charge is 0.252 e. The predicted octanol–water partition coefficient (Wildman–Crippen LogP) is 3.69. The molecule has 0 atom stereocenters. The van der Waals surface area contributed by atoms with E-state index in [0.29, 0.717) is 24.3 Å². The van der Waals surface area contributed by atoms with Gasteiger partial charge in [-0.2, -0.15) is 0 Å². The maximum Gasteiger partial charge on any atom is 0.252 e. The molecule has 3 N–H and O–H groups in total. The number of pyridine rings is 2. The summed E-state index contributed by atoms with van der Waals surface area (Å²) in [6, 6.07) is 23.0. The van der Waals surface area contributed by atoms with Crippen LogP contribution < -0.4 is 11.1 Å². The molecule has 5 nitrogen and oxygen atoms in total. The third kappa shape index (κ3) is 3.75. The summed E-state index contributed by atoms with van der Waals surface area (Å²) < 4.78 is 0. The van der Waals surface area contributed by atoms with E-state index in [2.05, 4.69) is 15.3 Å². The molecule has 2 aromatic heterocycles. The van der Waals surface area contributed by atoms with Gasteiger partial charge in [0.15, 0.2) is 0 Å². The number of rotatable bonds is 5. The monoisotopic (exact) mass is 368 g/mol. The van der Waals surface area contributed by atoms with Gasteiger partial charge >= 0.3 is 0 Å². The van der Waals surface area contributed by atoms with Crippen molar-refractivity contribution in [3.05, 3.63) is 95.7 Å². The third-order valence-electron chi connectivity index (χ3n) is 4.60. The van der Waals surface area contributed by atoms with E-state index in [1.807, 2.05) is 66.7 Å². The lowest BCUT2D eigenvalue weighted by Crippen LogP contribution is -2.23. The first-order valence-electron chi connectivity index (χ1n) is 9.12. The van der Waals surface area contributed by atoms with Crippen LogP contribution in [0.15, 0.2) is 79.0 Å². The lowest BCUT2D eigenvalue weighted by atomic mass is 10.1. The summed E-state index contributed by atoms with van der Waals surface area (Å²) in [5.41, 5.74) is 10.5. The Balaban J connectivity index is 1.65. The summed E-state index contributed by atoms with van der Waals surface area (Å²) in [5.74, 6) is -0.140. The molecule has 0 saturated heterocycles. The van der Waals surface area contributed by atoms with Crippen molar-refractivity contribution < 1.29 is 4.79 Å². The SMILES string of the molecule is NCc1ccc(CNC(=O)c2cc(-c3ccccn3)nc3ccccc23)cc1. The Kier molecular flexibility index (Phi) is 5.08. The summed E-state index contributed by atoms with van der Waals surface area (Å²) in [5, 5.41) is 3.82. The molecule has 0 unspecified atom stereocenters. The van der Waals surface area contributed by atoms with Crippen LogP contribution in [-0.2, 0) is 13.1 Å². The van der Waals surface area contributed by atoms with E-state index >= 15 is 0 Å². The fourth-order valence-corrected chi connectivity index (χ4v) is 3.08. The average Bonchev–Trinajstić information content (AvgIpc) is 2.77. The van der Waals surface area contributed by atoms with E-state index in [9.17, 15) is 4.79 Å². The number of fused-ring (bicyclic) bond motifs is 1. The predicted molar refractivity (Wildman–Crippen MR) is 110 cm³/mol. The summed E-state index contributed by atoms with van der Waals surface area (Å²) >= 11 is 0.